The van der Waals surface area contributed by atoms with Gasteiger partial charge in [-0.05, 0) is 51.8 Å². The van der Waals surface area contributed by atoms with Crippen LogP contribution in [0.15, 0.2) is 28.5 Å². The number of ketones is 2. The first-order chi connectivity index (χ1) is 19.9. The molecule has 1 aromatic rings. The lowest BCUT2D eigenvalue weighted by Crippen LogP contribution is -2.73. The summed E-state index contributed by atoms with van der Waals surface area (Å²) >= 11 is 0. The van der Waals surface area contributed by atoms with Crippen LogP contribution in [-0.4, -0.2) is 89.9 Å². The van der Waals surface area contributed by atoms with Crippen LogP contribution in [0.25, 0.3) is 0 Å². The number of hydrogen-bond donors (Lipinski definition) is 3. The second-order valence-electron chi connectivity index (χ2n) is 11.4. The Kier molecular flexibility index (Phi) is 7.37. The van der Waals surface area contributed by atoms with Crippen molar-refractivity contribution < 1.29 is 33.8 Å². The summed E-state index contributed by atoms with van der Waals surface area (Å²) in [6.45, 7) is 6.16. The maximum Gasteiger partial charge on any atom is 0.243 e. The van der Waals surface area contributed by atoms with Gasteiger partial charge in [-0.3, -0.25) is 29.0 Å². The summed E-state index contributed by atoms with van der Waals surface area (Å²) in [6, 6.07) is 1.15. The molecule has 1 saturated heterocycles. The normalized spacial score (nSPS) is 27.8. The molecule has 6 atom stereocenters. The molecule has 0 radical (unpaired) electrons. The Morgan fingerprint density at radius 3 is 2.43 bits per heavy atom. The molecule has 0 spiro atoms. The van der Waals surface area contributed by atoms with Crippen LogP contribution in [0.3, 0.4) is 0 Å². The number of likely N-dealkylation sites (N-methyl/N-ethyl adjacent to an activating group) is 1. The zero-order valence-electron chi connectivity index (χ0n) is 24.7. The molecule has 3 aliphatic heterocycles. The van der Waals surface area contributed by atoms with Gasteiger partial charge in [-0.15, -0.1) is 0 Å². The fourth-order valence-electron chi connectivity index (χ4n) is 7.24. The predicted molar refractivity (Wildman–Crippen MR) is 149 cm³/mol. The Labute approximate surface area is 243 Å². The van der Waals surface area contributed by atoms with Crippen LogP contribution in [0.2, 0.25) is 0 Å². The zero-order valence-corrected chi connectivity index (χ0v) is 24.7. The molecule has 4 aliphatic rings. The third kappa shape index (κ3) is 4.18. The minimum absolute atomic E-state index is 0.0124. The summed E-state index contributed by atoms with van der Waals surface area (Å²) in [5, 5.41) is 27.5. The van der Waals surface area contributed by atoms with E-state index in [2.05, 4.69) is 16.7 Å². The molecule has 0 aromatic heterocycles. The molecule has 0 saturated carbocycles. The van der Waals surface area contributed by atoms with Gasteiger partial charge in [0.2, 0.25) is 17.6 Å². The number of piperazine rings is 1. The Morgan fingerprint density at radius 2 is 1.83 bits per heavy atom. The monoisotopic (exact) mass is 577 g/mol. The van der Waals surface area contributed by atoms with Crippen LogP contribution in [0.4, 0.5) is 0 Å². The van der Waals surface area contributed by atoms with Gasteiger partial charge in [0.1, 0.15) is 18.2 Å². The van der Waals surface area contributed by atoms with E-state index in [4.69, 9.17) is 9.47 Å². The van der Waals surface area contributed by atoms with Gasteiger partial charge < -0.3 is 25.2 Å². The first kappa shape index (κ1) is 29.3. The number of ether oxygens (including phenoxy) is 2. The number of nitrogens with zero attached hydrogens (tertiary/aromatic N) is 3. The molecule has 2 bridgehead atoms. The predicted octanol–water partition coefficient (Wildman–Crippen LogP) is 0.923. The van der Waals surface area contributed by atoms with Crippen LogP contribution in [-0.2, 0) is 30.3 Å². The third-order valence-corrected chi connectivity index (χ3v) is 9.03. The lowest BCUT2D eigenvalue weighted by molar-refractivity contribution is -0.132. The molecule has 1 aliphatic carbocycles. The van der Waals surface area contributed by atoms with E-state index in [9.17, 15) is 29.5 Å². The van der Waals surface area contributed by atoms with E-state index in [-0.39, 0.29) is 46.5 Å². The molecular weight excluding hydrogens is 542 g/mol. The number of nitrogens with one attached hydrogen (secondary N) is 2. The van der Waals surface area contributed by atoms with Crippen LogP contribution in [0, 0.1) is 18.3 Å². The van der Waals surface area contributed by atoms with Crippen LogP contribution < -0.4 is 15.4 Å². The van der Waals surface area contributed by atoms with Crippen molar-refractivity contribution in [1.29, 1.82) is 5.26 Å². The zero-order chi connectivity index (χ0) is 30.8. The number of aryl methyl sites for hydroxylation is 1. The minimum Gasteiger partial charge on any atom is -0.504 e. The fourth-order valence-corrected chi connectivity index (χ4v) is 7.24. The number of nitriles is 1. The Balaban J connectivity index is 1.72. The highest BCUT2D eigenvalue weighted by atomic mass is 16.5. The van der Waals surface area contributed by atoms with Crippen molar-refractivity contribution >= 4 is 23.4 Å². The van der Waals surface area contributed by atoms with Gasteiger partial charge in [0, 0.05) is 41.3 Å². The molecule has 222 valence electrons. The van der Waals surface area contributed by atoms with Gasteiger partial charge in [0.15, 0.2) is 23.0 Å². The van der Waals surface area contributed by atoms with Crippen LogP contribution in [0.1, 0.15) is 49.9 Å². The number of benzene rings is 1. The lowest BCUT2D eigenvalue weighted by Gasteiger charge is -2.60. The second kappa shape index (κ2) is 10.6. The number of carbonyl (C=O) groups excluding carboxylic acids is 4. The van der Waals surface area contributed by atoms with E-state index in [0.29, 0.717) is 17.7 Å². The number of rotatable bonds is 5. The van der Waals surface area contributed by atoms with Crippen molar-refractivity contribution in [1.82, 2.24) is 20.4 Å². The number of phenolic OH excluding ortho intramolecular Hbond substituents is 1. The fraction of sp³-hybridized carbons (Fsp3) is 0.500. The Hall–Kier alpha value is -4.21. The molecule has 5 rings (SSSR count). The SMILES string of the molecule is COC1=C(C)C(=O)C2=C(C1=O)[C@H](NC(=O)[C@H](C)NC(C)=O)N1C(C2)[C@H]2c3c(cc(C)c(OC)c3O)C[C@@H]([C@@H]1C#N)N2C. The molecule has 1 unspecified atom stereocenters. The summed E-state index contributed by atoms with van der Waals surface area (Å²) in [4.78, 5) is 56.5. The molecule has 1 aromatic carbocycles. The number of carbonyl (C=O) groups is 4. The standard InChI is InChI=1S/C30H35N5O7/c1-12-8-16-9-18-20(11-31)35-19(23(34(18)5)21(16)25(38)27(12)41-6)10-17-22(26(39)28(42-7)13(2)24(17)37)29(35)33-30(40)14(3)32-15(4)36/h8,14,18-20,23,29,38H,9-10H2,1-7H3,(H,32,36)(H,33,40)/t14-,18-,19?,20-,23-,29+/m0/s1. The Bertz CT molecular complexity index is 1520. The van der Waals surface area contributed by atoms with E-state index >= 15 is 0 Å². The number of amides is 2. The number of phenols is 1. The smallest absolute Gasteiger partial charge is 0.243 e. The number of aromatic hydroxyl groups is 1. The number of fused-ring (bicyclic) bond motifs is 6. The molecule has 3 N–H and O–H groups in total. The first-order valence-electron chi connectivity index (χ1n) is 13.8. The minimum atomic E-state index is -1.17. The van der Waals surface area contributed by atoms with Gasteiger partial charge >= 0.3 is 0 Å². The molecule has 3 heterocycles. The summed E-state index contributed by atoms with van der Waals surface area (Å²) in [7, 11) is 4.67. The van der Waals surface area contributed by atoms with E-state index in [1.165, 1.54) is 35.0 Å². The van der Waals surface area contributed by atoms with Crippen LogP contribution >= 0.6 is 0 Å². The van der Waals surface area contributed by atoms with Gasteiger partial charge in [0.25, 0.3) is 0 Å². The van der Waals surface area contributed by atoms with E-state index in [0.717, 1.165) is 11.1 Å². The maximum absolute atomic E-state index is 13.8. The van der Waals surface area contributed by atoms with Gasteiger partial charge in [-0.2, -0.15) is 5.26 Å². The van der Waals surface area contributed by atoms with Crippen molar-refractivity contribution in [2.75, 3.05) is 21.3 Å². The van der Waals surface area contributed by atoms with E-state index < -0.39 is 47.9 Å². The first-order valence-corrected chi connectivity index (χ1v) is 13.8. The second-order valence-corrected chi connectivity index (χ2v) is 11.4. The number of Topliss-reactive ketones (excluding diaryl/α,β-unsaturated/α-hetero) is 2. The lowest BCUT2D eigenvalue weighted by atomic mass is 9.71. The summed E-state index contributed by atoms with van der Waals surface area (Å²) in [5.74, 6) is -1.71. The van der Waals surface area contributed by atoms with Gasteiger partial charge in [-0.1, -0.05) is 6.07 Å². The largest absolute Gasteiger partial charge is 0.504 e. The average molecular weight is 578 g/mol. The highest BCUT2D eigenvalue weighted by molar-refractivity contribution is 6.25. The number of allylic oxidation sites excluding steroid dienone is 2. The van der Waals surface area contributed by atoms with Crippen molar-refractivity contribution in [3.63, 3.8) is 0 Å². The summed E-state index contributed by atoms with van der Waals surface area (Å²) < 4.78 is 10.9. The van der Waals surface area contributed by atoms with Crippen molar-refractivity contribution in [3.8, 4) is 17.6 Å². The summed E-state index contributed by atoms with van der Waals surface area (Å²) in [6.07, 6.45) is -0.653. The van der Waals surface area contributed by atoms with Crippen molar-refractivity contribution in [2.24, 2.45) is 0 Å². The van der Waals surface area contributed by atoms with Crippen molar-refractivity contribution in [3.05, 3.63) is 45.2 Å². The molecular formula is C30H35N5O7. The Morgan fingerprint density at radius 1 is 1.14 bits per heavy atom. The van der Waals surface area contributed by atoms with Crippen LogP contribution in [0.5, 0.6) is 11.5 Å². The van der Waals surface area contributed by atoms with E-state index in [1.807, 2.05) is 24.9 Å². The van der Waals surface area contributed by atoms with Gasteiger partial charge in [-0.25, -0.2) is 0 Å². The van der Waals surface area contributed by atoms with E-state index in [1.54, 1.807) is 4.90 Å². The third-order valence-electron chi connectivity index (χ3n) is 9.03. The molecule has 12 heteroatoms. The topological polar surface area (TPSA) is 161 Å². The molecule has 42 heavy (non-hydrogen) atoms. The van der Waals surface area contributed by atoms with Crippen molar-refractivity contribution in [2.45, 2.75) is 76.9 Å². The number of methoxy groups -OCH3 is 2. The maximum atomic E-state index is 13.8. The average Bonchev–Trinajstić information content (AvgIpc) is 2.92. The van der Waals surface area contributed by atoms with Gasteiger partial charge in [0.05, 0.1) is 26.3 Å². The molecule has 1 fully saturated rings. The highest BCUT2D eigenvalue weighted by Crippen LogP contribution is 2.53. The highest BCUT2D eigenvalue weighted by Gasteiger charge is 2.58. The number of hydrogen-bond acceptors (Lipinski definition) is 10. The molecule has 2 amide bonds. The quantitative estimate of drug-likeness (QED) is 0.429. The summed E-state index contributed by atoms with van der Waals surface area (Å²) in [5.41, 5.74) is 2.70. The molecule has 12 nitrogen and oxygen atoms in total.